The summed E-state index contributed by atoms with van der Waals surface area (Å²) in [5.41, 5.74) is 2.62. The van der Waals surface area contributed by atoms with Gasteiger partial charge in [0.2, 0.25) is 0 Å². The summed E-state index contributed by atoms with van der Waals surface area (Å²) < 4.78 is 13.8. The van der Waals surface area contributed by atoms with E-state index in [0.717, 1.165) is 0 Å². The molecule has 1 fully saturated rings. The molecule has 2 aliphatic rings. The first-order valence-electron chi connectivity index (χ1n) is 8.53. The minimum absolute atomic E-state index is 0.0262. The third-order valence-electron chi connectivity index (χ3n) is 5.42. The molecule has 4 rings (SSSR count). The predicted molar refractivity (Wildman–Crippen MR) is 96.8 cm³/mol. The van der Waals surface area contributed by atoms with Gasteiger partial charge in [-0.15, -0.1) is 0 Å². The van der Waals surface area contributed by atoms with Gasteiger partial charge in [-0.1, -0.05) is 77.9 Å². The fourth-order valence-corrected chi connectivity index (χ4v) is 9.60. The van der Waals surface area contributed by atoms with Gasteiger partial charge in [-0.2, -0.15) is 0 Å². The molecule has 23 heavy (non-hydrogen) atoms. The second kappa shape index (κ2) is 4.47. The fourth-order valence-electron chi connectivity index (χ4n) is 4.67. The molecule has 0 bridgehead atoms. The van der Waals surface area contributed by atoms with E-state index in [1.807, 2.05) is 0 Å². The molecule has 0 unspecified atom stereocenters. The predicted octanol–water partition coefficient (Wildman–Crippen LogP) is 6.02. The second-order valence-corrected chi connectivity index (χ2v) is 13.7. The highest BCUT2D eigenvalue weighted by molar-refractivity contribution is 6.74. The third kappa shape index (κ3) is 1.87. The quantitative estimate of drug-likeness (QED) is 0.551. The smallest absolute Gasteiger partial charge is 0.350 e. The van der Waals surface area contributed by atoms with Crippen LogP contribution in [0.4, 0.5) is 0 Å². The summed E-state index contributed by atoms with van der Waals surface area (Å²) in [5, 5.41) is 2.69. The minimum atomic E-state index is -2.42. The zero-order chi connectivity index (χ0) is 16.6. The summed E-state index contributed by atoms with van der Waals surface area (Å²) >= 11 is 0. The molecule has 0 N–H and O–H groups in total. The number of benzene rings is 2. The molecule has 0 spiro atoms. The Hall–Kier alpha value is -1.16. The van der Waals surface area contributed by atoms with E-state index in [1.165, 1.54) is 21.9 Å². The van der Waals surface area contributed by atoms with E-state index < -0.39 is 8.56 Å². The Morgan fingerprint density at radius 1 is 0.739 bits per heavy atom. The molecule has 0 aromatic heterocycles. The largest absolute Gasteiger partial charge is 0.383 e. The van der Waals surface area contributed by atoms with Gasteiger partial charge in [0.25, 0.3) is 0 Å². The van der Waals surface area contributed by atoms with Crippen molar-refractivity contribution in [3.63, 3.8) is 0 Å². The molecule has 2 aromatic rings. The highest BCUT2D eigenvalue weighted by Gasteiger charge is 2.66. The molecule has 2 nitrogen and oxygen atoms in total. The first kappa shape index (κ1) is 15.4. The van der Waals surface area contributed by atoms with Crippen molar-refractivity contribution in [2.75, 3.05) is 0 Å². The second-order valence-electron chi connectivity index (χ2n) is 8.99. The molecule has 2 atom stereocenters. The van der Waals surface area contributed by atoms with Gasteiger partial charge < -0.3 is 8.85 Å². The lowest BCUT2D eigenvalue weighted by Crippen LogP contribution is -2.54. The molecule has 2 aromatic carbocycles. The standard InChI is InChI=1S/C20H26O2Si/c1-19(2,3)23(20(4,5)6)21-17-14-11-7-9-13-10-8-12-15(16(13)14)18(17)22-23/h7-12,17-18H,1-6H3/t17-,18+. The maximum absolute atomic E-state index is 6.89. The maximum Gasteiger partial charge on any atom is 0.350 e. The van der Waals surface area contributed by atoms with Gasteiger partial charge in [0.1, 0.15) is 12.2 Å². The Balaban J connectivity index is 1.89. The number of fused-ring (bicyclic) bond motifs is 3. The van der Waals surface area contributed by atoms with E-state index in [1.54, 1.807) is 0 Å². The topological polar surface area (TPSA) is 18.5 Å². The van der Waals surface area contributed by atoms with Crippen LogP contribution in [0.15, 0.2) is 36.4 Å². The highest BCUT2D eigenvalue weighted by atomic mass is 28.4. The Labute approximate surface area is 140 Å². The van der Waals surface area contributed by atoms with E-state index in [4.69, 9.17) is 8.85 Å². The van der Waals surface area contributed by atoms with E-state index >= 15 is 0 Å². The summed E-state index contributed by atoms with van der Waals surface area (Å²) in [6.07, 6.45) is 0.113. The van der Waals surface area contributed by atoms with Gasteiger partial charge in [0.05, 0.1) is 0 Å². The summed E-state index contributed by atoms with van der Waals surface area (Å²) in [6.45, 7) is 13.7. The minimum Gasteiger partial charge on any atom is -0.383 e. The van der Waals surface area contributed by atoms with E-state index in [9.17, 15) is 0 Å². The summed E-state index contributed by atoms with van der Waals surface area (Å²) in [7, 11) is -2.42. The van der Waals surface area contributed by atoms with E-state index in [2.05, 4.69) is 77.9 Å². The molecule has 1 saturated heterocycles. The molecule has 0 saturated carbocycles. The first-order valence-corrected chi connectivity index (χ1v) is 10.3. The maximum atomic E-state index is 6.89. The van der Waals surface area contributed by atoms with Crippen LogP contribution in [-0.2, 0) is 8.85 Å². The highest BCUT2D eigenvalue weighted by Crippen LogP contribution is 2.64. The number of rotatable bonds is 0. The van der Waals surface area contributed by atoms with Crippen molar-refractivity contribution in [1.82, 2.24) is 0 Å². The van der Waals surface area contributed by atoms with Gasteiger partial charge in [0.15, 0.2) is 0 Å². The zero-order valence-electron chi connectivity index (χ0n) is 14.9. The van der Waals surface area contributed by atoms with Crippen LogP contribution in [0, 0.1) is 0 Å². The van der Waals surface area contributed by atoms with Crippen LogP contribution in [0.5, 0.6) is 0 Å². The molecule has 122 valence electrons. The average molecular weight is 327 g/mol. The Morgan fingerprint density at radius 3 is 1.57 bits per heavy atom. The number of hydrogen-bond donors (Lipinski definition) is 0. The molecular weight excluding hydrogens is 300 g/mol. The average Bonchev–Trinajstić information content (AvgIpc) is 2.97. The van der Waals surface area contributed by atoms with E-state index in [0.29, 0.717) is 0 Å². The van der Waals surface area contributed by atoms with Gasteiger partial charge in [-0.25, -0.2) is 0 Å². The van der Waals surface area contributed by atoms with Crippen molar-refractivity contribution >= 4 is 19.3 Å². The number of hydrogen-bond acceptors (Lipinski definition) is 2. The van der Waals surface area contributed by atoms with Gasteiger partial charge in [-0.3, -0.25) is 0 Å². The van der Waals surface area contributed by atoms with Crippen LogP contribution < -0.4 is 0 Å². The molecule has 1 aliphatic carbocycles. The van der Waals surface area contributed by atoms with Crippen molar-refractivity contribution < 1.29 is 8.85 Å². The molecule has 0 amide bonds. The lowest BCUT2D eigenvalue weighted by molar-refractivity contribution is 0.170. The molecular formula is C20H26O2Si. The normalized spacial score (nSPS) is 25.8. The first-order chi connectivity index (χ1) is 10.7. The van der Waals surface area contributed by atoms with Crippen LogP contribution in [0.25, 0.3) is 10.8 Å². The van der Waals surface area contributed by atoms with Crippen LogP contribution in [-0.4, -0.2) is 8.56 Å². The summed E-state index contributed by atoms with van der Waals surface area (Å²) in [6, 6.07) is 13.1. The van der Waals surface area contributed by atoms with Crippen molar-refractivity contribution in [1.29, 1.82) is 0 Å². The van der Waals surface area contributed by atoms with Gasteiger partial charge >= 0.3 is 8.56 Å². The van der Waals surface area contributed by atoms with Crippen LogP contribution in [0.1, 0.15) is 64.9 Å². The van der Waals surface area contributed by atoms with Crippen LogP contribution in [0.2, 0.25) is 10.1 Å². The Kier molecular flexibility index (Phi) is 2.99. The fraction of sp³-hybridized carbons (Fsp3) is 0.500. The zero-order valence-corrected chi connectivity index (χ0v) is 15.9. The van der Waals surface area contributed by atoms with Crippen LogP contribution >= 0.6 is 0 Å². The lowest BCUT2D eigenvalue weighted by Gasteiger charge is -2.46. The summed E-state index contributed by atoms with van der Waals surface area (Å²) in [5.74, 6) is 0. The third-order valence-corrected chi connectivity index (χ3v) is 10.5. The van der Waals surface area contributed by atoms with Crippen LogP contribution in [0.3, 0.4) is 0 Å². The van der Waals surface area contributed by atoms with Gasteiger partial charge in [0, 0.05) is 10.1 Å². The van der Waals surface area contributed by atoms with Crippen molar-refractivity contribution in [3.8, 4) is 0 Å². The van der Waals surface area contributed by atoms with Crippen molar-refractivity contribution in [3.05, 3.63) is 47.5 Å². The molecule has 1 heterocycles. The molecule has 1 aliphatic heterocycles. The van der Waals surface area contributed by atoms with Crippen molar-refractivity contribution in [2.24, 2.45) is 0 Å². The molecule has 3 heteroatoms. The molecule has 0 radical (unpaired) electrons. The lowest BCUT2D eigenvalue weighted by atomic mass is 10.1. The SMILES string of the molecule is CC(C)(C)[Si]1(C(C)(C)C)O[C@@H]2c3cccc4cccc(c34)[C@@H]2O1. The Morgan fingerprint density at radius 2 is 1.17 bits per heavy atom. The van der Waals surface area contributed by atoms with Crippen molar-refractivity contribution in [2.45, 2.75) is 63.8 Å². The van der Waals surface area contributed by atoms with Gasteiger partial charge in [-0.05, 0) is 21.9 Å². The monoisotopic (exact) mass is 326 g/mol. The summed E-state index contributed by atoms with van der Waals surface area (Å²) in [4.78, 5) is 0. The Bertz CT molecular complexity index is 720. The van der Waals surface area contributed by atoms with E-state index in [-0.39, 0.29) is 22.3 Å².